The summed E-state index contributed by atoms with van der Waals surface area (Å²) in [6, 6.07) is 11.9. The Bertz CT molecular complexity index is 1020. The molecule has 0 unspecified atom stereocenters. The third-order valence-electron chi connectivity index (χ3n) is 4.80. The van der Waals surface area contributed by atoms with Crippen LogP contribution < -0.4 is 5.32 Å². The number of carbonyl (C=O) groups is 1. The first kappa shape index (κ1) is 20.0. The van der Waals surface area contributed by atoms with Gasteiger partial charge in [-0.2, -0.15) is 4.31 Å². The van der Waals surface area contributed by atoms with Gasteiger partial charge in [-0.3, -0.25) is 14.9 Å². The standard InChI is InChI=1S/C19H21N3O5S/c1-14-6-7-16(12-18(14)22(24)25)19(23)20-9-11-28(26,27)21-10-8-15-4-2-3-5-17(15)13-21/h2-7,12H,8-11,13H2,1H3,(H,20,23). The lowest BCUT2D eigenvalue weighted by Crippen LogP contribution is -2.40. The Kier molecular flexibility index (Phi) is 5.76. The number of hydrogen-bond donors (Lipinski definition) is 1. The maximum Gasteiger partial charge on any atom is 0.273 e. The monoisotopic (exact) mass is 403 g/mol. The number of benzene rings is 2. The number of aryl methyl sites for hydroxylation is 1. The Balaban J connectivity index is 1.59. The lowest BCUT2D eigenvalue weighted by Gasteiger charge is -2.28. The molecule has 0 aromatic heterocycles. The summed E-state index contributed by atoms with van der Waals surface area (Å²) >= 11 is 0. The van der Waals surface area contributed by atoms with Crippen molar-refractivity contribution in [3.05, 3.63) is 74.8 Å². The number of nitro benzene ring substituents is 1. The third-order valence-corrected chi connectivity index (χ3v) is 6.62. The highest BCUT2D eigenvalue weighted by Crippen LogP contribution is 2.21. The van der Waals surface area contributed by atoms with Gasteiger partial charge in [0.1, 0.15) is 0 Å². The fourth-order valence-corrected chi connectivity index (χ4v) is 4.50. The molecule has 0 radical (unpaired) electrons. The Morgan fingerprint density at radius 3 is 2.64 bits per heavy atom. The molecular formula is C19H21N3O5S. The summed E-state index contributed by atoms with van der Waals surface area (Å²) in [6.45, 7) is 2.26. The number of hydrogen-bond acceptors (Lipinski definition) is 5. The van der Waals surface area contributed by atoms with Crippen LogP contribution in [0.15, 0.2) is 42.5 Å². The lowest BCUT2D eigenvalue weighted by atomic mass is 10.0. The minimum Gasteiger partial charge on any atom is -0.351 e. The van der Waals surface area contributed by atoms with Crippen LogP contribution in [-0.4, -0.2) is 42.4 Å². The van der Waals surface area contributed by atoms with Crippen molar-refractivity contribution >= 4 is 21.6 Å². The van der Waals surface area contributed by atoms with Crippen molar-refractivity contribution < 1.29 is 18.1 Å². The average Bonchev–Trinajstić information content (AvgIpc) is 2.67. The SMILES string of the molecule is Cc1ccc(C(=O)NCCS(=O)(=O)N2CCc3ccccc3C2)cc1[N+](=O)[O-]. The summed E-state index contributed by atoms with van der Waals surface area (Å²) in [5, 5.41) is 13.5. The summed E-state index contributed by atoms with van der Waals surface area (Å²) < 4.78 is 26.6. The van der Waals surface area contributed by atoms with Crippen LogP contribution in [0.1, 0.15) is 27.0 Å². The minimum absolute atomic E-state index is 0.0685. The van der Waals surface area contributed by atoms with E-state index in [1.807, 2.05) is 24.3 Å². The topological polar surface area (TPSA) is 110 Å². The van der Waals surface area contributed by atoms with Crippen LogP contribution in [0.25, 0.3) is 0 Å². The number of amides is 1. The molecule has 2 aromatic carbocycles. The fraction of sp³-hybridized carbons (Fsp3) is 0.316. The van der Waals surface area contributed by atoms with Crippen LogP contribution in [0.5, 0.6) is 0 Å². The van der Waals surface area contributed by atoms with Crippen molar-refractivity contribution in [3.8, 4) is 0 Å². The van der Waals surface area contributed by atoms with Crippen molar-refractivity contribution in [2.75, 3.05) is 18.8 Å². The maximum atomic E-state index is 12.6. The second-order valence-electron chi connectivity index (χ2n) is 6.68. The van der Waals surface area contributed by atoms with Crippen LogP contribution in [0.2, 0.25) is 0 Å². The molecule has 3 rings (SSSR count). The molecule has 28 heavy (non-hydrogen) atoms. The average molecular weight is 403 g/mol. The molecule has 0 aliphatic carbocycles. The van der Waals surface area contributed by atoms with E-state index in [9.17, 15) is 23.3 Å². The quantitative estimate of drug-likeness (QED) is 0.586. The van der Waals surface area contributed by atoms with Crippen LogP contribution in [0.4, 0.5) is 5.69 Å². The minimum atomic E-state index is -3.52. The number of fused-ring (bicyclic) bond motifs is 1. The van der Waals surface area contributed by atoms with Crippen LogP contribution >= 0.6 is 0 Å². The van der Waals surface area contributed by atoms with Gasteiger partial charge in [0, 0.05) is 36.8 Å². The number of rotatable bonds is 6. The number of sulfonamides is 1. The zero-order valence-corrected chi connectivity index (χ0v) is 16.2. The molecule has 0 spiro atoms. The van der Waals surface area contributed by atoms with Gasteiger partial charge in [0.15, 0.2) is 0 Å². The van der Waals surface area contributed by atoms with Gasteiger partial charge in [-0.15, -0.1) is 0 Å². The Hall–Kier alpha value is -2.78. The van der Waals surface area contributed by atoms with E-state index in [1.54, 1.807) is 6.92 Å². The smallest absolute Gasteiger partial charge is 0.273 e. The molecule has 1 aliphatic heterocycles. The number of nitrogens with zero attached hydrogens (tertiary/aromatic N) is 2. The van der Waals surface area contributed by atoms with E-state index in [4.69, 9.17) is 0 Å². The van der Waals surface area contributed by atoms with Crippen molar-refractivity contribution in [2.24, 2.45) is 0 Å². The predicted octanol–water partition coefficient (Wildman–Crippen LogP) is 2.02. The van der Waals surface area contributed by atoms with Gasteiger partial charge in [-0.05, 0) is 30.5 Å². The summed E-state index contributed by atoms with van der Waals surface area (Å²) in [6.07, 6.45) is 0.662. The molecule has 1 amide bonds. The van der Waals surface area contributed by atoms with E-state index in [2.05, 4.69) is 5.32 Å². The molecule has 0 saturated carbocycles. The third kappa shape index (κ3) is 4.37. The molecule has 1 heterocycles. The molecule has 0 saturated heterocycles. The first-order chi connectivity index (χ1) is 13.3. The van der Waals surface area contributed by atoms with E-state index in [-0.39, 0.29) is 23.5 Å². The molecule has 0 fully saturated rings. The van der Waals surface area contributed by atoms with Crippen molar-refractivity contribution in [2.45, 2.75) is 19.9 Å². The van der Waals surface area contributed by atoms with Crippen LogP contribution in [-0.2, 0) is 23.0 Å². The number of nitrogens with one attached hydrogen (secondary N) is 1. The second-order valence-corrected chi connectivity index (χ2v) is 8.77. The maximum absolute atomic E-state index is 12.6. The summed E-state index contributed by atoms with van der Waals surface area (Å²) in [5.41, 5.74) is 2.58. The van der Waals surface area contributed by atoms with Gasteiger partial charge in [0.05, 0.1) is 10.7 Å². The first-order valence-corrected chi connectivity index (χ1v) is 10.5. The lowest BCUT2D eigenvalue weighted by molar-refractivity contribution is -0.385. The molecule has 1 aliphatic rings. The summed E-state index contributed by atoms with van der Waals surface area (Å²) in [5.74, 6) is -0.767. The highest BCUT2D eigenvalue weighted by Gasteiger charge is 2.26. The molecule has 0 atom stereocenters. The molecule has 2 aromatic rings. The predicted molar refractivity (Wildman–Crippen MR) is 105 cm³/mol. The molecule has 0 bridgehead atoms. The highest BCUT2D eigenvalue weighted by atomic mass is 32.2. The van der Waals surface area contributed by atoms with Gasteiger partial charge < -0.3 is 5.32 Å². The Labute approximate surface area is 163 Å². The highest BCUT2D eigenvalue weighted by molar-refractivity contribution is 7.89. The van der Waals surface area contributed by atoms with E-state index in [0.29, 0.717) is 25.1 Å². The number of nitro groups is 1. The van der Waals surface area contributed by atoms with Gasteiger partial charge >= 0.3 is 0 Å². The van der Waals surface area contributed by atoms with Crippen LogP contribution in [0.3, 0.4) is 0 Å². The van der Waals surface area contributed by atoms with Crippen molar-refractivity contribution in [1.29, 1.82) is 0 Å². The first-order valence-electron chi connectivity index (χ1n) is 8.86. The van der Waals surface area contributed by atoms with E-state index < -0.39 is 20.9 Å². The molecule has 8 nitrogen and oxygen atoms in total. The van der Waals surface area contributed by atoms with Gasteiger partial charge in [0.25, 0.3) is 11.6 Å². The molecule has 1 N–H and O–H groups in total. The van der Waals surface area contributed by atoms with Crippen molar-refractivity contribution in [1.82, 2.24) is 9.62 Å². The van der Waals surface area contributed by atoms with E-state index in [0.717, 1.165) is 11.1 Å². The Morgan fingerprint density at radius 1 is 1.21 bits per heavy atom. The second kappa shape index (κ2) is 8.07. The van der Waals surface area contributed by atoms with Gasteiger partial charge in [-0.25, -0.2) is 8.42 Å². The van der Waals surface area contributed by atoms with E-state index >= 15 is 0 Å². The zero-order chi connectivity index (χ0) is 20.3. The summed E-state index contributed by atoms with van der Waals surface area (Å²) in [7, 11) is -3.52. The normalized spacial score (nSPS) is 14.3. The largest absolute Gasteiger partial charge is 0.351 e. The van der Waals surface area contributed by atoms with Gasteiger partial charge in [-0.1, -0.05) is 30.3 Å². The number of carbonyl (C=O) groups excluding carboxylic acids is 1. The van der Waals surface area contributed by atoms with Crippen LogP contribution in [0, 0.1) is 17.0 Å². The van der Waals surface area contributed by atoms with Crippen molar-refractivity contribution in [3.63, 3.8) is 0 Å². The Morgan fingerprint density at radius 2 is 1.93 bits per heavy atom. The molecule has 148 valence electrons. The zero-order valence-electron chi connectivity index (χ0n) is 15.4. The van der Waals surface area contributed by atoms with E-state index in [1.165, 1.54) is 22.5 Å². The summed E-state index contributed by atoms with van der Waals surface area (Å²) in [4.78, 5) is 22.7. The molecular weight excluding hydrogens is 382 g/mol. The van der Waals surface area contributed by atoms with Gasteiger partial charge in [0.2, 0.25) is 10.0 Å². The molecule has 9 heteroatoms. The fourth-order valence-electron chi connectivity index (χ4n) is 3.18.